The number of carbonyl (C=O) groups is 1. The van der Waals surface area contributed by atoms with E-state index in [1.54, 1.807) is 30.5 Å². The molecule has 3 aromatic heterocycles. The molecule has 8 heteroatoms. The second-order valence-electron chi connectivity index (χ2n) is 3.88. The summed E-state index contributed by atoms with van der Waals surface area (Å²) in [5, 5.41) is 14.4. The predicted molar refractivity (Wildman–Crippen MR) is 66.8 cm³/mol. The number of nitrogens with one attached hydrogen (secondary N) is 1. The number of hydrogen-bond donors (Lipinski definition) is 1. The summed E-state index contributed by atoms with van der Waals surface area (Å²) in [6, 6.07) is 6.75. The zero-order valence-electron chi connectivity index (χ0n) is 10.3. The Morgan fingerprint density at radius 2 is 2.25 bits per heavy atom. The van der Waals surface area contributed by atoms with Crippen LogP contribution in [0.3, 0.4) is 0 Å². The molecule has 0 bridgehead atoms. The molecule has 20 heavy (non-hydrogen) atoms. The molecule has 0 spiro atoms. The zero-order valence-corrected chi connectivity index (χ0v) is 10.3. The highest BCUT2D eigenvalue weighted by Gasteiger charge is 2.09. The van der Waals surface area contributed by atoms with Crippen LogP contribution >= 0.6 is 0 Å². The first-order chi connectivity index (χ1) is 9.83. The summed E-state index contributed by atoms with van der Waals surface area (Å²) in [5.74, 6) is 0.842. The van der Waals surface area contributed by atoms with Crippen molar-refractivity contribution in [1.29, 1.82) is 0 Å². The molecular formula is C12H10N6O2. The molecule has 0 aliphatic rings. The Labute approximate surface area is 113 Å². The molecular weight excluding hydrogens is 260 g/mol. The highest BCUT2D eigenvalue weighted by Crippen LogP contribution is 2.02. The van der Waals surface area contributed by atoms with Crippen LogP contribution in [0.2, 0.25) is 0 Å². The maximum Gasteiger partial charge on any atom is 0.272 e. The highest BCUT2D eigenvalue weighted by atomic mass is 16.3. The third-order valence-corrected chi connectivity index (χ3v) is 2.54. The number of furan rings is 1. The molecule has 3 heterocycles. The lowest BCUT2D eigenvalue weighted by Gasteiger charge is -2.03. The lowest BCUT2D eigenvalue weighted by molar-refractivity contribution is 0.0942. The predicted octanol–water partition coefficient (Wildman–Crippen LogP) is 0.580. The van der Waals surface area contributed by atoms with Crippen LogP contribution in [0.4, 0.5) is 0 Å². The lowest BCUT2D eigenvalue weighted by Crippen LogP contribution is -2.24. The van der Waals surface area contributed by atoms with Gasteiger partial charge in [-0.25, -0.2) is 9.67 Å². The molecule has 3 rings (SSSR count). The van der Waals surface area contributed by atoms with Crippen molar-refractivity contribution >= 4 is 5.91 Å². The van der Waals surface area contributed by atoms with Crippen molar-refractivity contribution in [3.05, 3.63) is 54.6 Å². The van der Waals surface area contributed by atoms with E-state index in [0.29, 0.717) is 18.1 Å². The summed E-state index contributed by atoms with van der Waals surface area (Å²) in [4.78, 5) is 15.7. The van der Waals surface area contributed by atoms with Gasteiger partial charge in [-0.3, -0.25) is 4.79 Å². The van der Waals surface area contributed by atoms with Gasteiger partial charge in [0.15, 0.2) is 11.5 Å². The van der Waals surface area contributed by atoms with Crippen LogP contribution in [0, 0.1) is 0 Å². The minimum atomic E-state index is -0.320. The third kappa shape index (κ3) is 2.53. The molecule has 1 amide bonds. The van der Waals surface area contributed by atoms with E-state index in [0.717, 1.165) is 0 Å². The summed E-state index contributed by atoms with van der Waals surface area (Å²) < 4.78 is 6.57. The van der Waals surface area contributed by atoms with Gasteiger partial charge in [0.2, 0.25) is 0 Å². The summed E-state index contributed by atoms with van der Waals surface area (Å²) in [6.45, 7) is 0.304. The van der Waals surface area contributed by atoms with Gasteiger partial charge in [0.05, 0.1) is 12.8 Å². The van der Waals surface area contributed by atoms with Crippen LogP contribution in [0.25, 0.3) is 5.82 Å². The molecule has 0 aromatic carbocycles. The second kappa shape index (κ2) is 5.31. The van der Waals surface area contributed by atoms with E-state index in [4.69, 9.17) is 4.42 Å². The molecule has 0 aliphatic heterocycles. The van der Waals surface area contributed by atoms with E-state index in [1.165, 1.54) is 17.3 Å². The number of carbonyl (C=O) groups excluding carboxylic acids is 1. The van der Waals surface area contributed by atoms with Gasteiger partial charge in [0.1, 0.15) is 18.4 Å². The van der Waals surface area contributed by atoms with E-state index in [9.17, 15) is 4.79 Å². The average Bonchev–Trinajstić information content (AvgIpc) is 3.18. The molecule has 0 aliphatic carbocycles. The number of aromatic nitrogens is 5. The maximum atomic E-state index is 11.8. The largest absolute Gasteiger partial charge is 0.467 e. The standard InChI is InChI=1S/C12H10N6O2/c19-12(14-6-9-2-1-5-20-9)10-3-4-11(17-16-10)18-8-13-7-15-18/h1-5,7-8H,6H2,(H,14,19). The SMILES string of the molecule is O=C(NCc1ccco1)c1ccc(-n2cncn2)nn1. The Hall–Kier alpha value is -3.03. The summed E-state index contributed by atoms with van der Waals surface area (Å²) >= 11 is 0. The zero-order chi connectivity index (χ0) is 13.8. The van der Waals surface area contributed by atoms with Gasteiger partial charge in [-0.05, 0) is 24.3 Å². The van der Waals surface area contributed by atoms with Crippen molar-refractivity contribution < 1.29 is 9.21 Å². The van der Waals surface area contributed by atoms with E-state index in [1.807, 2.05) is 0 Å². The smallest absolute Gasteiger partial charge is 0.272 e. The molecule has 3 aromatic rings. The topological polar surface area (TPSA) is 98.7 Å². The van der Waals surface area contributed by atoms with E-state index in [-0.39, 0.29) is 11.6 Å². The number of hydrogen-bond acceptors (Lipinski definition) is 6. The molecule has 0 saturated heterocycles. The summed E-state index contributed by atoms with van der Waals surface area (Å²) in [7, 11) is 0. The van der Waals surface area contributed by atoms with Gasteiger partial charge in [0, 0.05) is 0 Å². The quantitative estimate of drug-likeness (QED) is 0.744. The first kappa shape index (κ1) is 12.0. The van der Waals surface area contributed by atoms with Gasteiger partial charge in [0.25, 0.3) is 5.91 Å². The minimum Gasteiger partial charge on any atom is -0.467 e. The van der Waals surface area contributed by atoms with Crippen LogP contribution in [0.5, 0.6) is 0 Å². The van der Waals surface area contributed by atoms with Gasteiger partial charge < -0.3 is 9.73 Å². The van der Waals surface area contributed by atoms with Crippen molar-refractivity contribution in [1.82, 2.24) is 30.3 Å². The van der Waals surface area contributed by atoms with Gasteiger partial charge >= 0.3 is 0 Å². The lowest BCUT2D eigenvalue weighted by atomic mass is 10.3. The van der Waals surface area contributed by atoms with Crippen molar-refractivity contribution in [2.24, 2.45) is 0 Å². The van der Waals surface area contributed by atoms with Gasteiger partial charge in [-0.15, -0.1) is 10.2 Å². The van der Waals surface area contributed by atoms with Crippen LogP contribution in [-0.4, -0.2) is 30.9 Å². The number of amides is 1. The van der Waals surface area contributed by atoms with Crippen molar-refractivity contribution in [3.8, 4) is 5.82 Å². The Bertz CT molecular complexity index is 675. The first-order valence-corrected chi connectivity index (χ1v) is 5.82. The Balaban J connectivity index is 1.66. The Kier molecular flexibility index (Phi) is 3.19. The van der Waals surface area contributed by atoms with Crippen molar-refractivity contribution in [2.75, 3.05) is 0 Å². The minimum absolute atomic E-state index is 0.223. The fourth-order valence-corrected chi connectivity index (χ4v) is 1.57. The molecule has 0 saturated carbocycles. The van der Waals surface area contributed by atoms with Gasteiger partial charge in [-0.1, -0.05) is 0 Å². The van der Waals surface area contributed by atoms with E-state index in [2.05, 4.69) is 25.6 Å². The van der Waals surface area contributed by atoms with Crippen LogP contribution in [-0.2, 0) is 6.54 Å². The monoisotopic (exact) mass is 270 g/mol. The van der Waals surface area contributed by atoms with Crippen molar-refractivity contribution in [2.45, 2.75) is 6.54 Å². The van der Waals surface area contributed by atoms with E-state index < -0.39 is 0 Å². The molecule has 8 nitrogen and oxygen atoms in total. The molecule has 0 radical (unpaired) electrons. The molecule has 1 N–H and O–H groups in total. The fourth-order valence-electron chi connectivity index (χ4n) is 1.57. The van der Waals surface area contributed by atoms with Gasteiger partial charge in [-0.2, -0.15) is 5.10 Å². The number of rotatable bonds is 4. The summed E-state index contributed by atoms with van der Waals surface area (Å²) in [5.41, 5.74) is 0.223. The summed E-state index contributed by atoms with van der Waals surface area (Å²) in [6.07, 6.45) is 4.44. The third-order valence-electron chi connectivity index (χ3n) is 2.54. The molecule has 0 unspecified atom stereocenters. The van der Waals surface area contributed by atoms with Crippen LogP contribution in [0.15, 0.2) is 47.6 Å². The maximum absolute atomic E-state index is 11.8. The Morgan fingerprint density at radius 3 is 2.90 bits per heavy atom. The highest BCUT2D eigenvalue weighted by molar-refractivity contribution is 5.91. The van der Waals surface area contributed by atoms with Crippen LogP contribution < -0.4 is 5.32 Å². The Morgan fingerprint density at radius 1 is 1.30 bits per heavy atom. The molecule has 100 valence electrons. The van der Waals surface area contributed by atoms with Crippen molar-refractivity contribution in [3.63, 3.8) is 0 Å². The fraction of sp³-hybridized carbons (Fsp3) is 0.0833. The average molecular weight is 270 g/mol. The molecule has 0 fully saturated rings. The first-order valence-electron chi connectivity index (χ1n) is 5.82. The normalized spacial score (nSPS) is 10.4. The second-order valence-corrected chi connectivity index (χ2v) is 3.88. The van der Waals surface area contributed by atoms with E-state index >= 15 is 0 Å². The van der Waals surface area contributed by atoms with Crippen LogP contribution in [0.1, 0.15) is 16.2 Å². The molecule has 0 atom stereocenters. The number of nitrogens with zero attached hydrogens (tertiary/aromatic N) is 5.